The molecule has 2 aromatic carbocycles. The molecule has 8 bridgehead atoms. The molecule has 0 unspecified atom stereocenters. The molecule has 0 aliphatic carbocycles. The van der Waals surface area contributed by atoms with Crippen LogP contribution < -0.4 is 10.1 Å². The van der Waals surface area contributed by atoms with E-state index in [2.05, 4.69) is 0 Å². The van der Waals surface area contributed by atoms with Crippen LogP contribution in [0.5, 0.6) is 0 Å². The minimum absolute atomic E-state index is 0. The number of nitrogens with zero attached hydrogens (tertiary/aromatic N) is 4. The second-order valence-corrected chi connectivity index (χ2v) is 9.41. The molecule has 4 aliphatic heterocycles. The average molecular weight is 575 g/mol. The van der Waals surface area contributed by atoms with Gasteiger partial charge >= 0.3 is 16.5 Å². The van der Waals surface area contributed by atoms with E-state index in [1.165, 1.54) is 0 Å². The number of benzene rings is 2. The van der Waals surface area contributed by atoms with Gasteiger partial charge in [-0.25, -0.2) is 15.0 Å². The largest absolute Gasteiger partial charge is 2.00 e. The van der Waals surface area contributed by atoms with E-state index in [4.69, 9.17) is 20.0 Å². The van der Waals surface area contributed by atoms with Crippen molar-refractivity contribution in [3.05, 3.63) is 161 Å². The maximum atomic E-state index is 12.4. The average Bonchev–Trinajstić information content (AvgIpc) is 3.81. The third kappa shape index (κ3) is 4.56. The van der Waals surface area contributed by atoms with Gasteiger partial charge in [-0.15, -0.1) is 17.6 Å². The number of hydrogen-bond acceptors (Lipinski definition) is 5. The predicted molar refractivity (Wildman–Crippen MR) is 156 cm³/mol. The van der Waals surface area contributed by atoms with Crippen molar-refractivity contribution in [1.82, 2.24) is 4.98 Å². The minimum Gasteiger partial charge on any atom is -0.877 e. The van der Waals surface area contributed by atoms with Gasteiger partial charge in [-0.2, -0.15) is 0 Å². The second kappa shape index (κ2) is 10.8. The van der Waals surface area contributed by atoms with Crippen molar-refractivity contribution in [1.29, 1.82) is 0 Å². The SMILES string of the molecule is O=CC1=C2C=CC(=N2)C(c2ccccc2)=C2C=CC(=N2)/C(=C\[O-])c2ccc([n-]2)C(c2ccccc2)=C2C=CC1=N2.[Ni+2]. The van der Waals surface area contributed by atoms with Crippen LogP contribution in [-0.2, 0) is 21.3 Å². The molecule has 5 heterocycles. The van der Waals surface area contributed by atoms with Crippen LogP contribution in [0.15, 0.2) is 153 Å². The molecule has 0 N–H and O–H groups in total. The minimum atomic E-state index is 0. The van der Waals surface area contributed by atoms with Gasteiger partial charge in [0.15, 0.2) is 6.29 Å². The molecule has 3 aromatic rings. The molecular formula is C34H20N4NiO2. The first-order valence-electron chi connectivity index (χ1n) is 12.8. The summed E-state index contributed by atoms with van der Waals surface area (Å²) in [5.74, 6) is 0. The summed E-state index contributed by atoms with van der Waals surface area (Å²) in [6.07, 6.45) is 12.7. The molecule has 6 nitrogen and oxygen atoms in total. The fourth-order valence-electron chi connectivity index (χ4n) is 5.17. The maximum absolute atomic E-state index is 12.4. The van der Waals surface area contributed by atoms with Crippen LogP contribution in [0.4, 0.5) is 0 Å². The van der Waals surface area contributed by atoms with Gasteiger partial charge in [-0.05, 0) is 58.7 Å². The summed E-state index contributed by atoms with van der Waals surface area (Å²) in [7, 11) is 0. The van der Waals surface area contributed by atoms with Crippen LogP contribution in [0, 0.1) is 0 Å². The molecule has 0 spiro atoms. The zero-order valence-corrected chi connectivity index (χ0v) is 22.5. The molecule has 41 heavy (non-hydrogen) atoms. The molecule has 0 amide bonds. The molecule has 7 rings (SSSR count). The Labute approximate surface area is 246 Å². The van der Waals surface area contributed by atoms with Crippen molar-refractivity contribution in [2.75, 3.05) is 0 Å². The van der Waals surface area contributed by atoms with E-state index < -0.39 is 0 Å². The number of aromatic nitrogens is 1. The molecule has 0 saturated heterocycles. The van der Waals surface area contributed by atoms with Gasteiger partial charge in [0, 0.05) is 5.57 Å². The van der Waals surface area contributed by atoms with Crippen molar-refractivity contribution in [3.63, 3.8) is 0 Å². The molecule has 0 saturated carbocycles. The summed E-state index contributed by atoms with van der Waals surface area (Å²) in [4.78, 5) is 31.8. The number of carbonyl (C=O) groups is 1. The topological polar surface area (TPSA) is 91.3 Å². The quantitative estimate of drug-likeness (QED) is 0.250. The molecule has 0 atom stereocenters. The van der Waals surface area contributed by atoms with Gasteiger partial charge in [-0.1, -0.05) is 72.8 Å². The van der Waals surface area contributed by atoms with Gasteiger partial charge in [0.25, 0.3) is 0 Å². The van der Waals surface area contributed by atoms with Crippen molar-refractivity contribution < 1.29 is 26.4 Å². The molecule has 7 heteroatoms. The summed E-state index contributed by atoms with van der Waals surface area (Å²) in [5.41, 5.74) is 9.00. The third-order valence-electron chi connectivity index (χ3n) is 7.05. The second-order valence-electron chi connectivity index (χ2n) is 9.41. The van der Waals surface area contributed by atoms with Gasteiger partial charge in [0.1, 0.15) is 0 Å². The molecule has 4 aliphatic rings. The Bertz CT molecular complexity index is 1890. The monoisotopic (exact) mass is 574 g/mol. The fraction of sp³-hybridized carbons (Fsp3) is 0. The Morgan fingerprint density at radius 2 is 1.12 bits per heavy atom. The van der Waals surface area contributed by atoms with Crippen molar-refractivity contribution in [3.8, 4) is 0 Å². The van der Waals surface area contributed by atoms with Crippen LogP contribution in [-0.4, -0.2) is 23.4 Å². The summed E-state index contributed by atoms with van der Waals surface area (Å²) in [6.45, 7) is 0. The number of allylic oxidation sites excluding steroid dienone is 9. The van der Waals surface area contributed by atoms with E-state index in [-0.39, 0.29) is 16.5 Å². The van der Waals surface area contributed by atoms with E-state index in [1.54, 1.807) is 0 Å². The standard InChI is InChI=1S/C34H22N4O2.Ni/c39-19-23-25-11-15-29(35-25)33(21-7-3-1-4-8-21)30-16-12-26(36-30)24(20-40)28-14-18-32(38-28)34(22-9-5-2-6-10-22)31-17-13-27(23)37-31;/h1-20H,(H2,35,36,37,38,39,40);/q;+2/p-2. The first-order valence-corrected chi connectivity index (χ1v) is 12.8. The number of fused-ring (bicyclic) bond motifs is 5. The van der Waals surface area contributed by atoms with Crippen molar-refractivity contribution >= 4 is 40.1 Å². The van der Waals surface area contributed by atoms with Crippen LogP contribution in [0.1, 0.15) is 22.5 Å². The molecule has 1 aromatic heterocycles. The molecule has 0 radical (unpaired) electrons. The zero-order chi connectivity index (χ0) is 27.1. The summed E-state index contributed by atoms with van der Waals surface area (Å²) in [5, 5.41) is 12.4. The number of aliphatic imine (C=N–C) groups is 3. The number of aldehydes is 1. The van der Waals surface area contributed by atoms with E-state index in [0.717, 1.165) is 34.8 Å². The number of hydrogen-bond donors (Lipinski definition) is 0. The molecular weight excluding hydrogens is 555 g/mol. The molecule has 0 fully saturated rings. The van der Waals surface area contributed by atoms with Crippen molar-refractivity contribution in [2.24, 2.45) is 15.0 Å². The summed E-state index contributed by atoms with van der Waals surface area (Å²) in [6, 6.07) is 23.4. The predicted octanol–water partition coefficient (Wildman–Crippen LogP) is 5.01. The third-order valence-corrected chi connectivity index (χ3v) is 7.05. The van der Waals surface area contributed by atoms with Gasteiger partial charge < -0.3 is 10.1 Å². The number of carbonyl (C=O) groups excluding carboxylic acids is 1. The van der Waals surface area contributed by atoms with Crippen LogP contribution in [0.3, 0.4) is 0 Å². The molecule has 198 valence electrons. The van der Waals surface area contributed by atoms with Gasteiger partial charge in [-0.3, -0.25) is 4.79 Å². The fourth-order valence-corrected chi connectivity index (χ4v) is 5.17. The van der Waals surface area contributed by atoms with Gasteiger partial charge in [0.2, 0.25) is 0 Å². The normalized spacial score (nSPS) is 18.1. The van der Waals surface area contributed by atoms with Crippen LogP contribution >= 0.6 is 0 Å². The van der Waals surface area contributed by atoms with E-state index in [0.29, 0.717) is 56.8 Å². The Hall–Kier alpha value is -5.13. The van der Waals surface area contributed by atoms with E-state index in [9.17, 15) is 9.90 Å². The first-order chi connectivity index (χ1) is 19.7. The first kappa shape index (κ1) is 26.1. The number of rotatable bonds is 3. The van der Waals surface area contributed by atoms with Gasteiger partial charge in [0.05, 0.1) is 39.8 Å². The Balaban J connectivity index is 0.00000302. The van der Waals surface area contributed by atoms with Crippen molar-refractivity contribution in [2.45, 2.75) is 0 Å². The summed E-state index contributed by atoms with van der Waals surface area (Å²) >= 11 is 0. The Morgan fingerprint density at radius 3 is 1.80 bits per heavy atom. The Morgan fingerprint density at radius 1 is 0.585 bits per heavy atom. The summed E-state index contributed by atoms with van der Waals surface area (Å²) < 4.78 is 0. The van der Waals surface area contributed by atoms with E-state index in [1.807, 2.05) is 109 Å². The zero-order valence-electron chi connectivity index (χ0n) is 21.5. The smallest absolute Gasteiger partial charge is 0.877 e. The van der Waals surface area contributed by atoms with E-state index >= 15 is 0 Å². The maximum Gasteiger partial charge on any atom is 2.00 e. The van der Waals surface area contributed by atoms with Crippen LogP contribution in [0.2, 0.25) is 0 Å². The van der Waals surface area contributed by atoms with Crippen LogP contribution in [0.25, 0.3) is 16.7 Å². The Kier molecular flexibility index (Phi) is 6.88.